The zero-order valence-corrected chi connectivity index (χ0v) is 9.81. The maximum atomic E-state index is 13.0. The first-order valence-electron chi connectivity index (χ1n) is 4.98. The average molecular weight is 239 g/mol. The van der Waals surface area contributed by atoms with E-state index in [0.717, 1.165) is 11.8 Å². The molecule has 0 radical (unpaired) electrons. The van der Waals surface area contributed by atoms with Crippen LogP contribution in [-0.4, -0.2) is 4.98 Å². The van der Waals surface area contributed by atoms with Crippen molar-refractivity contribution >= 4 is 11.3 Å². The van der Waals surface area contributed by atoms with Crippen molar-refractivity contribution in [3.05, 3.63) is 40.9 Å². The molecule has 0 atom stereocenters. The van der Waals surface area contributed by atoms with Gasteiger partial charge in [0.2, 0.25) is 0 Å². The summed E-state index contributed by atoms with van der Waals surface area (Å²) in [6.45, 7) is 4.07. The molecule has 2 aromatic rings. The van der Waals surface area contributed by atoms with Crippen molar-refractivity contribution in [2.24, 2.45) is 0 Å². The Balaban J connectivity index is 2.42. The predicted octanol–water partition coefficient (Wildman–Crippen LogP) is 4.21. The Labute approximate surface area is 96.8 Å². The zero-order valence-electron chi connectivity index (χ0n) is 9.00. The van der Waals surface area contributed by atoms with E-state index >= 15 is 0 Å². The third-order valence-electron chi connectivity index (χ3n) is 2.22. The number of aromatic nitrogens is 1. The van der Waals surface area contributed by atoms with Crippen LogP contribution in [0.5, 0.6) is 0 Å². The van der Waals surface area contributed by atoms with Crippen molar-refractivity contribution in [1.29, 1.82) is 0 Å². The molecule has 1 nitrogen and oxygen atoms in total. The largest absolute Gasteiger partial charge is 0.241 e. The van der Waals surface area contributed by atoms with Crippen LogP contribution in [0.3, 0.4) is 0 Å². The molecular weight excluding hydrogens is 228 g/mol. The third-order valence-corrected chi connectivity index (χ3v) is 3.13. The third kappa shape index (κ3) is 2.27. The van der Waals surface area contributed by atoms with Crippen LogP contribution in [0.25, 0.3) is 10.6 Å². The van der Waals surface area contributed by atoms with Crippen LogP contribution in [-0.2, 0) is 0 Å². The van der Waals surface area contributed by atoms with Crippen LogP contribution in [0.4, 0.5) is 8.78 Å². The van der Waals surface area contributed by atoms with Gasteiger partial charge in [-0.15, -0.1) is 11.3 Å². The van der Waals surface area contributed by atoms with Crippen molar-refractivity contribution in [1.82, 2.24) is 4.98 Å². The first-order chi connectivity index (χ1) is 7.56. The van der Waals surface area contributed by atoms with E-state index in [-0.39, 0.29) is 0 Å². The summed E-state index contributed by atoms with van der Waals surface area (Å²) in [6, 6.07) is 3.46. The van der Waals surface area contributed by atoms with Gasteiger partial charge in [0.25, 0.3) is 0 Å². The van der Waals surface area contributed by atoms with Crippen molar-refractivity contribution < 1.29 is 8.78 Å². The van der Waals surface area contributed by atoms with Crippen molar-refractivity contribution in [3.63, 3.8) is 0 Å². The predicted molar refractivity (Wildman–Crippen MR) is 61.6 cm³/mol. The van der Waals surface area contributed by atoms with Crippen molar-refractivity contribution in [3.8, 4) is 10.6 Å². The van der Waals surface area contributed by atoms with E-state index in [1.165, 1.54) is 23.5 Å². The molecule has 1 aromatic carbocycles. The first-order valence-corrected chi connectivity index (χ1v) is 5.86. The number of nitrogens with zero attached hydrogens (tertiary/aromatic N) is 1. The number of thiazole rings is 1. The molecule has 0 fully saturated rings. The summed E-state index contributed by atoms with van der Waals surface area (Å²) in [7, 11) is 0. The van der Waals surface area contributed by atoms with Crippen LogP contribution in [0.1, 0.15) is 25.5 Å². The van der Waals surface area contributed by atoms with Crippen LogP contribution < -0.4 is 0 Å². The van der Waals surface area contributed by atoms with E-state index in [4.69, 9.17) is 0 Å². The number of halogens is 2. The van der Waals surface area contributed by atoms with Gasteiger partial charge in [0.15, 0.2) is 0 Å². The topological polar surface area (TPSA) is 12.9 Å². The van der Waals surface area contributed by atoms with Gasteiger partial charge in [-0.2, -0.15) is 0 Å². The number of rotatable bonds is 2. The summed E-state index contributed by atoms with van der Waals surface area (Å²) < 4.78 is 26.0. The molecule has 0 aliphatic rings. The summed E-state index contributed by atoms with van der Waals surface area (Å²) in [4.78, 5) is 4.35. The van der Waals surface area contributed by atoms with Gasteiger partial charge in [-0.3, -0.25) is 0 Å². The van der Waals surface area contributed by atoms with Crippen LogP contribution in [0, 0.1) is 11.6 Å². The Bertz CT molecular complexity index is 485. The monoisotopic (exact) mass is 239 g/mol. The van der Waals surface area contributed by atoms with Crippen LogP contribution in [0.2, 0.25) is 0 Å². The highest BCUT2D eigenvalue weighted by Crippen LogP contribution is 2.27. The molecule has 0 N–H and O–H groups in total. The molecule has 2 rings (SSSR count). The lowest BCUT2D eigenvalue weighted by Crippen LogP contribution is -1.88. The first kappa shape index (κ1) is 11.2. The second-order valence-electron chi connectivity index (χ2n) is 3.89. The molecule has 0 bridgehead atoms. The van der Waals surface area contributed by atoms with Crippen LogP contribution >= 0.6 is 11.3 Å². The quantitative estimate of drug-likeness (QED) is 0.765. The van der Waals surface area contributed by atoms with Gasteiger partial charge in [0.1, 0.15) is 16.6 Å². The highest BCUT2D eigenvalue weighted by atomic mass is 32.1. The molecule has 4 heteroatoms. The summed E-state index contributed by atoms with van der Waals surface area (Å²) in [5.74, 6) is -0.823. The van der Waals surface area contributed by atoms with Gasteiger partial charge in [-0.05, 0) is 18.1 Å². The molecular formula is C12H11F2NS. The normalized spacial score (nSPS) is 11.1. The molecule has 16 heavy (non-hydrogen) atoms. The van der Waals surface area contributed by atoms with Crippen molar-refractivity contribution in [2.75, 3.05) is 0 Å². The summed E-state index contributed by atoms with van der Waals surface area (Å²) in [5.41, 5.74) is 1.44. The Kier molecular flexibility index (Phi) is 3.01. The number of benzene rings is 1. The molecule has 0 saturated carbocycles. The minimum atomic E-state index is -0.573. The van der Waals surface area contributed by atoms with Gasteiger partial charge in [-0.25, -0.2) is 13.8 Å². The van der Waals surface area contributed by atoms with Gasteiger partial charge in [0, 0.05) is 17.0 Å². The van der Waals surface area contributed by atoms with E-state index in [2.05, 4.69) is 4.98 Å². The van der Waals surface area contributed by atoms with Gasteiger partial charge in [0.05, 0.1) is 5.69 Å². The number of hydrogen-bond acceptors (Lipinski definition) is 2. The maximum absolute atomic E-state index is 13.0. The maximum Gasteiger partial charge on any atom is 0.126 e. The zero-order chi connectivity index (χ0) is 11.7. The minimum absolute atomic E-state index is 0.323. The van der Waals surface area contributed by atoms with E-state index in [0.29, 0.717) is 16.5 Å². The fraction of sp³-hybridized carbons (Fsp3) is 0.250. The lowest BCUT2D eigenvalue weighted by atomic mass is 10.1. The van der Waals surface area contributed by atoms with E-state index < -0.39 is 11.6 Å². The molecule has 84 valence electrons. The second-order valence-corrected chi connectivity index (χ2v) is 4.75. The SMILES string of the molecule is CC(C)c1csc(-c2cc(F)cc(F)c2)n1. The Morgan fingerprint density at radius 3 is 2.25 bits per heavy atom. The summed E-state index contributed by atoms with van der Waals surface area (Å²) in [6.07, 6.45) is 0. The average Bonchev–Trinajstić information content (AvgIpc) is 2.64. The standard InChI is InChI=1S/C12H11F2NS/c1-7(2)11-6-16-12(15-11)8-3-9(13)5-10(14)4-8/h3-7H,1-2H3. The molecule has 1 aromatic heterocycles. The summed E-state index contributed by atoms with van der Waals surface area (Å²) in [5, 5.41) is 2.57. The molecule has 0 saturated heterocycles. The lowest BCUT2D eigenvalue weighted by molar-refractivity contribution is 0.584. The Morgan fingerprint density at radius 1 is 1.12 bits per heavy atom. The van der Waals surface area contributed by atoms with Crippen LogP contribution in [0.15, 0.2) is 23.6 Å². The van der Waals surface area contributed by atoms with E-state index in [1.807, 2.05) is 19.2 Å². The molecule has 0 spiro atoms. The highest BCUT2D eigenvalue weighted by Gasteiger charge is 2.09. The van der Waals surface area contributed by atoms with Gasteiger partial charge < -0.3 is 0 Å². The molecule has 1 heterocycles. The van der Waals surface area contributed by atoms with E-state index in [1.54, 1.807) is 0 Å². The molecule has 0 unspecified atom stereocenters. The Hall–Kier alpha value is -1.29. The highest BCUT2D eigenvalue weighted by molar-refractivity contribution is 7.13. The minimum Gasteiger partial charge on any atom is -0.241 e. The molecule has 0 aliphatic carbocycles. The second kappa shape index (κ2) is 4.29. The Morgan fingerprint density at radius 2 is 1.75 bits per heavy atom. The fourth-order valence-corrected chi connectivity index (χ4v) is 2.33. The van der Waals surface area contributed by atoms with E-state index in [9.17, 15) is 8.78 Å². The molecule has 0 aliphatic heterocycles. The van der Waals surface area contributed by atoms with Gasteiger partial charge >= 0.3 is 0 Å². The lowest BCUT2D eigenvalue weighted by Gasteiger charge is -1.99. The fourth-order valence-electron chi connectivity index (χ4n) is 1.36. The smallest absolute Gasteiger partial charge is 0.126 e. The molecule has 0 amide bonds. The summed E-state index contributed by atoms with van der Waals surface area (Å²) >= 11 is 1.40. The van der Waals surface area contributed by atoms with Gasteiger partial charge in [-0.1, -0.05) is 13.8 Å². The van der Waals surface area contributed by atoms with Crippen molar-refractivity contribution in [2.45, 2.75) is 19.8 Å². The number of hydrogen-bond donors (Lipinski definition) is 0.